The van der Waals surface area contributed by atoms with Gasteiger partial charge in [0, 0.05) is 6.04 Å². The van der Waals surface area contributed by atoms with Crippen molar-refractivity contribution in [3.8, 4) is 0 Å². The molecule has 15 heavy (non-hydrogen) atoms. The number of amides is 1. The molecule has 1 unspecified atom stereocenters. The fourth-order valence-corrected chi connectivity index (χ4v) is 1.54. The summed E-state index contributed by atoms with van der Waals surface area (Å²) in [7, 11) is 0. The van der Waals surface area contributed by atoms with Gasteiger partial charge in [-0.05, 0) is 31.0 Å². The van der Waals surface area contributed by atoms with Gasteiger partial charge in [-0.15, -0.1) is 0 Å². The van der Waals surface area contributed by atoms with Gasteiger partial charge < -0.3 is 9.73 Å². The van der Waals surface area contributed by atoms with Crippen LogP contribution in [0.15, 0.2) is 16.7 Å². The van der Waals surface area contributed by atoms with Crippen LogP contribution in [0, 0.1) is 0 Å². The Hall–Kier alpha value is -0.960. The molecule has 1 atom stereocenters. The molecule has 1 rings (SSSR count). The molecule has 0 radical (unpaired) electrons. The summed E-state index contributed by atoms with van der Waals surface area (Å²) in [5.41, 5.74) is 0.403. The summed E-state index contributed by atoms with van der Waals surface area (Å²) in [4.78, 5) is 11.6. The normalized spacial score (nSPS) is 12.5. The molecule has 1 N–H and O–H groups in total. The minimum atomic E-state index is -0.169. The molecule has 0 saturated carbocycles. The molecule has 1 aromatic heterocycles. The van der Waals surface area contributed by atoms with Crippen LogP contribution in [0.3, 0.4) is 0 Å². The third-order valence-corrected chi connectivity index (χ3v) is 2.52. The highest BCUT2D eigenvalue weighted by Gasteiger charge is 2.14. The van der Waals surface area contributed by atoms with Gasteiger partial charge in [0.05, 0.1) is 11.8 Å². The van der Waals surface area contributed by atoms with Crippen molar-refractivity contribution in [1.82, 2.24) is 5.32 Å². The monoisotopic (exact) mass is 229 g/mol. The van der Waals surface area contributed by atoms with E-state index >= 15 is 0 Å². The predicted octanol–water partition coefficient (Wildman–Crippen LogP) is 3.24. The zero-order valence-corrected chi connectivity index (χ0v) is 9.80. The summed E-state index contributed by atoms with van der Waals surface area (Å²) < 4.78 is 4.85. The topological polar surface area (TPSA) is 42.2 Å². The molecule has 0 bridgehead atoms. The number of hydrogen-bond donors (Lipinski definition) is 1. The van der Waals surface area contributed by atoms with E-state index in [4.69, 9.17) is 16.0 Å². The largest absolute Gasteiger partial charge is 0.452 e. The second-order valence-electron chi connectivity index (χ2n) is 3.62. The third kappa shape index (κ3) is 3.59. The Bertz CT molecular complexity index is 322. The Morgan fingerprint density at radius 1 is 1.67 bits per heavy atom. The smallest absolute Gasteiger partial charge is 0.256 e. The Balaban J connectivity index is 2.46. The quantitative estimate of drug-likeness (QED) is 0.842. The van der Waals surface area contributed by atoms with Crippen molar-refractivity contribution in [1.29, 1.82) is 0 Å². The van der Waals surface area contributed by atoms with Gasteiger partial charge in [0.2, 0.25) is 5.22 Å². The number of rotatable bonds is 5. The minimum Gasteiger partial charge on any atom is -0.452 e. The van der Waals surface area contributed by atoms with Crippen molar-refractivity contribution >= 4 is 17.5 Å². The van der Waals surface area contributed by atoms with Crippen LogP contribution >= 0.6 is 11.6 Å². The van der Waals surface area contributed by atoms with Crippen LogP contribution in [0.5, 0.6) is 0 Å². The van der Waals surface area contributed by atoms with E-state index in [9.17, 15) is 4.79 Å². The molecule has 0 aliphatic heterocycles. The Morgan fingerprint density at radius 2 is 2.40 bits per heavy atom. The van der Waals surface area contributed by atoms with Crippen molar-refractivity contribution in [2.24, 2.45) is 0 Å². The lowest BCUT2D eigenvalue weighted by Crippen LogP contribution is -2.32. The summed E-state index contributed by atoms with van der Waals surface area (Å²) in [5.74, 6) is -0.169. The van der Waals surface area contributed by atoms with Crippen LogP contribution in [0.1, 0.15) is 43.5 Å². The SMILES string of the molecule is CCCCC(C)NC(=O)c1ccoc1Cl. The van der Waals surface area contributed by atoms with E-state index in [1.165, 1.54) is 6.26 Å². The number of unbranched alkanes of at least 4 members (excludes halogenated alkanes) is 1. The van der Waals surface area contributed by atoms with Gasteiger partial charge in [0.25, 0.3) is 5.91 Å². The highest BCUT2D eigenvalue weighted by molar-refractivity contribution is 6.32. The molecule has 0 spiro atoms. The van der Waals surface area contributed by atoms with Gasteiger partial charge in [-0.25, -0.2) is 0 Å². The fraction of sp³-hybridized carbons (Fsp3) is 0.545. The molecule has 0 saturated heterocycles. The predicted molar refractivity (Wildman–Crippen MR) is 60.2 cm³/mol. The zero-order valence-electron chi connectivity index (χ0n) is 9.05. The molecule has 1 heterocycles. The first-order valence-electron chi connectivity index (χ1n) is 5.19. The van der Waals surface area contributed by atoms with Crippen LogP contribution in [-0.2, 0) is 0 Å². The lowest BCUT2D eigenvalue weighted by Gasteiger charge is -2.12. The van der Waals surface area contributed by atoms with E-state index < -0.39 is 0 Å². The minimum absolute atomic E-state index is 0.148. The third-order valence-electron chi connectivity index (χ3n) is 2.23. The summed E-state index contributed by atoms with van der Waals surface area (Å²) in [6.45, 7) is 4.11. The number of furan rings is 1. The van der Waals surface area contributed by atoms with Crippen molar-refractivity contribution in [2.45, 2.75) is 39.2 Å². The maximum atomic E-state index is 11.6. The van der Waals surface area contributed by atoms with Crippen LogP contribution in [0.4, 0.5) is 0 Å². The number of hydrogen-bond acceptors (Lipinski definition) is 2. The van der Waals surface area contributed by atoms with Crippen LogP contribution in [0.25, 0.3) is 0 Å². The second kappa shape index (κ2) is 5.81. The summed E-state index contributed by atoms with van der Waals surface area (Å²) >= 11 is 5.69. The molecule has 4 heteroatoms. The van der Waals surface area contributed by atoms with Crippen LogP contribution < -0.4 is 5.32 Å². The van der Waals surface area contributed by atoms with Crippen molar-refractivity contribution in [2.75, 3.05) is 0 Å². The van der Waals surface area contributed by atoms with Gasteiger partial charge in [-0.2, -0.15) is 0 Å². The maximum Gasteiger partial charge on any atom is 0.256 e. The van der Waals surface area contributed by atoms with Gasteiger partial charge in [-0.3, -0.25) is 4.79 Å². The van der Waals surface area contributed by atoms with E-state index in [0.717, 1.165) is 19.3 Å². The van der Waals surface area contributed by atoms with E-state index in [0.29, 0.717) is 5.56 Å². The van der Waals surface area contributed by atoms with Crippen molar-refractivity contribution in [3.63, 3.8) is 0 Å². The number of carbonyl (C=O) groups is 1. The van der Waals surface area contributed by atoms with Gasteiger partial charge >= 0.3 is 0 Å². The maximum absolute atomic E-state index is 11.6. The molecule has 0 aliphatic carbocycles. The lowest BCUT2D eigenvalue weighted by molar-refractivity contribution is 0.0937. The summed E-state index contributed by atoms with van der Waals surface area (Å²) in [6, 6.07) is 1.74. The second-order valence-corrected chi connectivity index (χ2v) is 3.97. The van der Waals surface area contributed by atoms with E-state index in [1.54, 1.807) is 6.07 Å². The highest BCUT2D eigenvalue weighted by Crippen LogP contribution is 2.16. The summed E-state index contributed by atoms with van der Waals surface area (Å²) in [5, 5.41) is 3.02. The Kier molecular flexibility index (Phi) is 4.69. The van der Waals surface area contributed by atoms with Crippen molar-refractivity contribution < 1.29 is 9.21 Å². The first kappa shape index (κ1) is 12.1. The number of nitrogens with one attached hydrogen (secondary N) is 1. The molecule has 0 aromatic carbocycles. The summed E-state index contributed by atoms with van der Waals surface area (Å²) in [6.07, 6.45) is 4.64. The molecular formula is C11H16ClNO2. The standard InChI is InChI=1S/C11H16ClNO2/c1-3-4-5-8(2)13-11(14)9-6-7-15-10(9)12/h6-8H,3-5H2,1-2H3,(H,13,14). The van der Waals surface area contributed by atoms with Gasteiger partial charge in [0.1, 0.15) is 0 Å². The number of carbonyl (C=O) groups excluding carboxylic acids is 1. The molecule has 0 aliphatic rings. The molecular weight excluding hydrogens is 214 g/mol. The fourth-order valence-electron chi connectivity index (χ4n) is 1.34. The molecule has 3 nitrogen and oxygen atoms in total. The van der Waals surface area contributed by atoms with Crippen LogP contribution in [0.2, 0.25) is 5.22 Å². The highest BCUT2D eigenvalue weighted by atomic mass is 35.5. The lowest BCUT2D eigenvalue weighted by atomic mass is 10.1. The molecule has 1 amide bonds. The van der Waals surface area contributed by atoms with E-state index in [1.807, 2.05) is 6.92 Å². The molecule has 1 aromatic rings. The zero-order chi connectivity index (χ0) is 11.3. The van der Waals surface area contributed by atoms with E-state index in [2.05, 4.69) is 12.2 Å². The van der Waals surface area contributed by atoms with Crippen LogP contribution in [-0.4, -0.2) is 11.9 Å². The van der Waals surface area contributed by atoms with Gasteiger partial charge in [0.15, 0.2) is 0 Å². The first-order chi connectivity index (χ1) is 7.15. The average molecular weight is 230 g/mol. The molecule has 84 valence electrons. The first-order valence-corrected chi connectivity index (χ1v) is 5.56. The van der Waals surface area contributed by atoms with E-state index in [-0.39, 0.29) is 17.2 Å². The average Bonchev–Trinajstić information content (AvgIpc) is 2.61. The van der Waals surface area contributed by atoms with Gasteiger partial charge in [-0.1, -0.05) is 19.8 Å². The Morgan fingerprint density at radius 3 is 2.93 bits per heavy atom. The number of halogens is 1. The Labute approximate surface area is 94.8 Å². The molecule has 0 fully saturated rings. The van der Waals surface area contributed by atoms with Crippen molar-refractivity contribution in [3.05, 3.63) is 23.1 Å².